The van der Waals surface area contributed by atoms with E-state index < -0.39 is 5.60 Å². The molecule has 2 nitrogen and oxygen atoms in total. The Morgan fingerprint density at radius 2 is 1.88 bits per heavy atom. The fourth-order valence-electron chi connectivity index (χ4n) is 1.87. The van der Waals surface area contributed by atoms with E-state index in [9.17, 15) is 5.11 Å². The normalized spacial score (nSPS) is 12.1. The van der Waals surface area contributed by atoms with Gasteiger partial charge in [0.25, 0.3) is 0 Å². The molecule has 1 aromatic carbocycles. The molecule has 0 unspecified atom stereocenters. The summed E-state index contributed by atoms with van der Waals surface area (Å²) in [5.74, 6) is 0. The highest BCUT2D eigenvalue weighted by molar-refractivity contribution is 6.45. The maximum atomic E-state index is 10.2. The van der Waals surface area contributed by atoms with E-state index in [1.54, 1.807) is 19.9 Å². The molecule has 1 N–H and O–H groups in total. The quantitative estimate of drug-likeness (QED) is 0.847. The first-order chi connectivity index (χ1) is 7.80. The topological polar surface area (TPSA) is 33.1 Å². The molecule has 0 saturated heterocycles. The predicted octanol–water partition coefficient (Wildman–Crippen LogP) is 4.08. The van der Waals surface area contributed by atoms with Crippen molar-refractivity contribution in [3.63, 3.8) is 0 Å². The molecule has 0 aliphatic rings. The second-order valence-electron chi connectivity index (χ2n) is 4.63. The molecule has 0 radical (unpaired) electrons. The molecule has 0 bridgehead atoms. The number of aryl methyl sites for hydroxylation is 1. The van der Waals surface area contributed by atoms with Gasteiger partial charge in [0.2, 0.25) is 0 Å². The number of hydrogen-bond acceptors (Lipinski definition) is 2. The van der Waals surface area contributed by atoms with E-state index >= 15 is 0 Å². The third-order valence-electron chi connectivity index (χ3n) is 2.66. The van der Waals surface area contributed by atoms with Crippen molar-refractivity contribution < 1.29 is 5.11 Å². The van der Waals surface area contributed by atoms with Gasteiger partial charge in [-0.05, 0) is 38.5 Å². The maximum absolute atomic E-state index is 10.2. The zero-order chi connectivity index (χ0) is 12.8. The molecular formula is C13H13Cl2NO. The van der Waals surface area contributed by atoms with E-state index in [1.807, 2.05) is 19.1 Å². The predicted molar refractivity (Wildman–Crippen MR) is 71.7 cm³/mol. The van der Waals surface area contributed by atoms with Crippen LogP contribution in [0.3, 0.4) is 0 Å². The lowest BCUT2D eigenvalue weighted by Crippen LogP contribution is -2.16. The van der Waals surface area contributed by atoms with E-state index in [0.717, 1.165) is 16.6 Å². The second-order valence-corrected chi connectivity index (χ2v) is 5.41. The number of pyridine rings is 1. The van der Waals surface area contributed by atoms with Crippen molar-refractivity contribution in [2.75, 3.05) is 0 Å². The van der Waals surface area contributed by atoms with Gasteiger partial charge in [-0.15, -0.1) is 0 Å². The number of fused-ring (bicyclic) bond motifs is 1. The summed E-state index contributed by atoms with van der Waals surface area (Å²) in [7, 11) is 0. The lowest BCUT2D eigenvalue weighted by atomic mass is 9.94. The summed E-state index contributed by atoms with van der Waals surface area (Å²) in [4.78, 5) is 4.38. The average Bonchev–Trinajstić information content (AvgIpc) is 2.22. The lowest BCUT2D eigenvalue weighted by Gasteiger charge is -2.21. The number of halogens is 2. The summed E-state index contributed by atoms with van der Waals surface area (Å²) in [5, 5.41) is 11.9. The van der Waals surface area contributed by atoms with E-state index in [4.69, 9.17) is 23.2 Å². The standard InChI is InChI=1S/C13H13Cl2NO/c1-7-6-9(13(2,3)17)8-4-5-10(14)11(15)12(8)16-7/h4-6,17H,1-3H3. The highest BCUT2D eigenvalue weighted by Gasteiger charge is 2.21. The van der Waals surface area contributed by atoms with Crippen LogP contribution in [0, 0.1) is 6.92 Å². The van der Waals surface area contributed by atoms with Crippen molar-refractivity contribution in [3.8, 4) is 0 Å². The summed E-state index contributed by atoms with van der Waals surface area (Å²) < 4.78 is 0. The first-order valence-corrected chi connectivity index (χ1v) is 6.04. The van der Waals surface area contributed by atoms with Crippen LogP contribution in [0.5, 0.6) is 0 Å². The van der Waals surface area contributed by atoms with Crippen LogP contribution in [-0.4, -0.2) is 10.1 Å². The summed E-state index contributed by atoms with van der Waals surface area (Å²) in [6.45, 7) is 5.35. The number of aliphatic hydroxyl groups is 1. The van der Waals surface area contributed by atoms with E-state index in [2.05, 4.69) is 4.98 Å². The van der Waals surface area contributed by atoms with E-state index in [-0.39, 0.29) is 0 Å². The van der Waals surface area contributed by atoms with Gasteiger partial charge in [-0.3, -0.25) is 4.98 Å². The SMILES string of the molecule is Cc1cc(C(C)(C)O)c2ccc(Cl)c(Cl)c2n1. The molecule has 0 fully saturated rings. The second kappa shape index (κ2) is 4.13. The number of hydrogen-bond donors (Lipinski definition) is 1. The lowest BCUT2D eigenvalue weighted by molar-refractivity contribution is 0.0801. The minimum Gasteiger partial charge on any atom is -0.386 e. The number of benzene rings is 1. The molecule has 4 heteroatoms. The fraction of sp³-hybridized carbons (Fsp3) is 0.308. The van der Waals surface area contributed by atoms with Crippen molar-refractivity contribution in [1.82, 2.24) is 4.98 Å². The van der Waals surface area contributed by atoms with Crippen LogP contribution in [0.4, 0.5) is 0 Å². The third kappa shape index (κ3) is 2.25. The van der Waals surface area contributed by atoms with Gasteiger partial charge < -0.3 is 5.11 Å². The zero-order valence-electron chi connectivity index (χ0n) is 9.88. The maximum Gasteiger partial charge on any atom is 0.0910 e. The van der Waals surface area contributed by atoms with Crippen LogP contribution >= 0.6 is 23.2 Å². The molecule has 0 atom stereocenters. The highest BCUT2D eigenvalue weighted by Crippen LogP contribution is 2.35. The molecule has 90 valence electrons. The Balaban J connectivity index is 2.92. The number of rotatable bonds is 1. The molecule has 0 saturated carbocycles. The van der Waals surface area contributed by atoms with Crippen molar-refractivity contribution in [1.29, 1.82) is 0 Å². The van der Waals surface area contributed by atoms with Crippen molar-refractivity contribution >= 4 is 34.1 Å². The van der Waals surface area contributed by atoms with E-state index in [0.29, 0.717) is 15.6 Å². The molecular weight excluding hydrogens is 257 g/mol. The number of aromatic nitrogens is 1. The molecule has 17 heavy (non-hydrogen) atoms. The molecule has 0 aliphatic heterocycles. The largest absolute Gasteiger partial charge is 0.386 e. The molecule has 1 aromatic heterocycles. The Bertz CT molecular complexity index is 588. The van der Waals surface area contributed by atoms with Crippen LogP contribution in [0.25, 0.3) is 10.9 Å². The van der Waals surface area contributed by atoms with Gasteiger partial charge in [0.15, 0.2) is 0 Å². The first-order valence-electron chi connectivity index (χ1n) is 5.29. The Labute approximate surface area is 110 Å². The third-order valence-corrected chi connectivity index (χ3v) is 3.45. The average molecular weight is 270 g/mol. The Morgan fingerprint density at radius 1 is 1.24 bits per heavy atom. The Morgan fingerprint density at radius 3 is 2.47 bits per heavy atom. The zero-order valence-corrected chi connectivity index (χ0v) is 11.4. The van der Waals surface area contributed by atoms with Crippen LogP contribution < -0.4 is 0 Å². The van der Waals surface area contributed by atoms with E-state index in [1.165, 1.54) is 0 Å². The van der Waals surface area contributed by atoms with Gasteiger partial charge in [-0.1, -0.05) is 29.3 Å². The van der Waals surface area contributed by atoms with Crippen molar-refractivity contribution in [3.05, 3.63) is 39.5 Å². The summed E-state index contributed by atoms with van der Waals surface area (Å²) in [6.07, 6.45) is 0. The Kier molecular flexibility index (Phi) is 3.06. The van der Waals surface area contributed by atoms with Gasteiger partial charge in [-0.2, -0.15) is 0 Å². The van der Waals surface area contributed by atoms with Gasteiger partial charge in [0, 0.05) is 11.1 Å². The first kappa shape index (κ1) is 12.6. The van der Waals surface area contributed by atoms with Crippen molar-refractivity contribution in [2.45, 2.75) is 26.4 Å². The fourth-order valence-corrected chi connectivity index (χ4v) is 2.23. The van der Waals surface area contributed by atoms with Crippen LogP contribution in [-0.2, 0) is 5.60 Å². The highest BCUT2D eigenvalue weighted by atomic mass is 35.5. The van der Waals surface area contributed by atoms with Gasteiger partial charge in [0.05, 0.1) is 21.2 Å². The van der Waals surface area contributed by atoms with Crippen LogP contribution in [0.1, 0.15) is 25.1 Å². The molecule has 0 aliphatic carbocycles. The van der Waals surface area contributed by atoms with Crippen LogP contribution in [0.2, 0.25) is 10.0 Å². The molecule has 1 heterocycles. The minimum absolute atomic E-state index is 0.429. The van der Waals surface area contributed by atoms with Gasteiger partial charge in [-0.25, -0.2) is 0 Å². The smallest absolute Gasteiger partial charge is 0.0910 e. The minimum atomic E-state index is -0.941. The van der Waals surface area contributed by atoms with Gasteiger partial charge in [0.1, 0.15) is 0 Å². The summed E-state index contributed by atoms with van der Waals surface area (Å²) >= 11 is 12.1. The molecule has 0 spiro atoms. The molecule has 0 amide bonds. The summed E-state index contributed by atoms with van der Waals surface area (Å²) in [5.41, 5.74) is 1.30. The van der Waals surface area contributed by atoms with Crippen molar-refractivity contribution in [2.24, 2.45) is 0 Å². The Hall–Kier alpha value is -0.830. The monoisotopic (exact) mass is 269 g/mol. The summed E-state index contributed by atoms with van der Waals surface area (Å²) in [6, 6.07) is 5.42. The molecule has 2 rings (SSSR count). The van der Waals surface area contributed by atoms with Crippen LogP contribution in [0.15, 0.2) is 18.2 Å². The van der Waals surface area contributed by atoms with Gasteiger partial charge >= 0.3 is 0 Å². The number of nitrogens with zero attached hydrogens (tertiary/aromatic N) is 1. The molecule has 2 aromatic rings.